The van der Waals surface area contributed by atoms with Gasteiger partial charge in [0.2, 0.25) is 5.91 Å². The average molecular weight is 324 g/mol. The Bertz CT molecular complexity index is 525. The molecule has 0 N–H and O–H groups in total. The SMILES string of the molecule is Cc1cc(C(=O)N2CC(C(C)C)CC2=O)ccc1Br. The first-order chi connectivity index (χ1) is 8.90. The number of halogens is 1. The summed E-state index contributed by atoms with van der Waals surface area (Å²) in [6.07, 6.45) is 0.485. The normalized spacial score (nSPS) is 19.3. The second-order valence-corrected chi connectivity index (χ2v) is 6.34. The number of benzene rings is 1. The highest BCUT2D eigenvalue weighted by molar-refractivity contribution is 9.10. The second-order valence-electron chi connectivity index (χ2n) is 5.48. The van der Waals surface area contributed by atoms with Gasteiger partial charge in [-0.15, -0.1) is 0 Å². The van der Waals surface area contributed by atoms with E-state index in [2.05, 4.69) is 29.8 Å². The predicted molar refractivity (Wildman–Crippen MR) is 77.9 cm³/mol. The number of imide groups is 1. The van der Waals surface area contributed by atoms with Gasteiger partial charge in [0.05, 0.1) is 0 Å². The molecule has 1 heterocycles. The molecule has 0 radical (unpaired) electrons. The lowest BCUT2D eigenvalue weighted by atomic mass is 9.95. The third kappa shape index (κ3) is 2.89. The molecule has 102 valence electrons. The Hall–Kier alpha value is -1.16. The summed E-state index contributed by atoms with van der Waals surface area (Å²) in [7, 11) is 0. The Labute approximate surface area is 122 Å². The number of carbonyl (C=O) groups is 2. The van der Waals surface area contributed by atoms with E-state index in [1.807, 2.05) is 19.1 Å². The number of nitrogens with zero attached hydrogens (tertiary/aromatic N) is 1. The van der Waals surface area contributed by atoms with Crippen molar-refractivity contribution >= 4 is 27.7 Å². The van der Waals surface area contributed by atoms with E-state index in [1.165, 1.54) is 4.90 Å². The minimum Gasteiger partial charge on any atom is -0.278 e. The molecule has 1 saturated heterocycles. The quantitative estimate of drug-likeness (QED) is 0.782. The minimum absolute atomic E-state index is 0.0516. The molecular formula is C15H18BrNO2. The molecule has 1 aromatic carbocycles. The lowest BCUT2D eigenvalue weighted by molar-refractivity contribution is -0.125. The molecule has 3 nitrogen and oxygen atoms in total. The van der Waals surface area contributed by atoms with Crippen molar-refractivity contribution in [3.8, 4) is 0 Å². The highest BCUT2D eigenvalue weighted by Gasteiger charge is 2.35. The van der Waals surface area contributed by atoms with Gasteiger partial charge in [-0.1, -0.05) is 29.8 Å². The predicted octanol–water partition coefficient (Wildman–Crippen LogP) is 3.40. The van der Waals surface area contributed by atoms with Crippen LogP contribution < -0.4 is 0 Å². The highest BCUT2D eigenvalue weighted by atomic mass is 79.9. The van der Waals surface area contributed by atoms with Crippen molar-refractivity contribution in [3.05, 3.63) is 33.8 Å². The van der Waals surface area contributed by atoms with E-state index < -0.39 is 0 Å². The van der Waals surface area contributed by atoms with Crippen molar-refractivity contribution in [1.82, 2.24) is 4.90 Å². The number of amides is 2. The molecular weight excluding hydrogens is 306 g/mol. The van der Waals surface area contributed by atoms with E-state index in [-0.39, 0.29) is 17.7 Å². The van der Waals surface area contributed by atoms with Crippen LogP contribution in [-0.4, -0.2) is 23.3 Å². The molecule has 1 aliphatic heterocycles. The maximum atomic E-state index is 12.4. The van der Waals surface area contributed by atoms with Crippen LogP contribution in [0.4, 0.5) is 0 Å². The minimum atomic E-state index is -0.177. The maximum Gasteiger partial charge on any atom is 0.260 e. The van der Waals surface area contributed by atoms with Gasteiger partial charge in [-0.25, -0.2) is 0 Å². The molecule has 4 heteroatoms. The molecule has 1 atom stereocenters. The van der Waals surface area contributed by atoms with Crippen molar-refractivity contribution in [2.45, 2.75) is 27.2 Å². The fourth-order valence-electron chi connectivity index (χ4n) is 2.31. The summed E-state index contributed by atoms with van der Waals surface area (Å²) in [6.45, 7) is 6.67. The lowest BCUT2D eigenvalue weighted by Crippen LogP contribution is -2.32. The molecule has 0 aromatic heterocycles. The van der Waals surface area contributed by atoms with E-state index >= 15 is 0 Å². The van der Waals surface area contributed by atoms with Gasteiger partial charge in [0.25, 0.3) is 5.91 Å². The summed E-state index contributed by atoms with van der Waals surface area (Å²) >= 11 is 3.41. The Balaban J connectivity index is 2.20. The van der Waals surface area contributed by atoms with Gasteiger partial charge in [0.15, 0.2) is 0 Å². The van der Waals surface area contributed by atoms with Crippen LogP contribution in [0.2, 0.25) is 0 Å². The first kappa shape index (κ1) is 14.3. The Morgan fingerprint density at radius 1 is 1.42 bits per heavy atom. The number of aryl methyl sites for hydroxylation is 1. The summed E-state index contributed by atoms with van der Waals surface area (Å²) in [5, 5.41) is 0. The van der Waals surface area contributed by atoms with Crippen LogP contribution in [0, 0.1) is 18.8 Å². The smallest absolute Gasteiger partial charge is 0.260 e. The summed E-state index contributed by atoms with van der Waals surface area (Å²) in [5.41, 5.74) is 1.58. The summed E-state index contributed by atoms with van der Waals surface area (Å²) in [6, 6.07) is 5.43. The van der Waals surface area contributed by atoms with Gasteiger partial charge in [-0.2, -0.15) is 0 Å². The molecule has 2 rings (SSSR count). The Kier molecular flexibility index (Phi) is 4.09. The van der Waals surface area contributed by atoms with E-state index in [4.69, 9.17) is 0 Å². The lowest BCUT2D eigenvalue weighted by Gasteiger charge is -2.17. The number of hydrogen-bond acceptors (Lipinski definition) is 2. The van der Waals surface area contributed by atoms with Crippen LogP contribution in [0.3, 0.4) is 0 Å². The summed E-state index contributed by atoms with van der Waals surface area (Å²) in [4.78, 5) is 25.7. The number of hydrogen-bond donors (Lipinski definition) is 0. The molecule has 1 aliphatic rings. The van der Waals surface area contributed by atoms with E-state index in [1.54, 1.807) is 6.07 Å². The third-order valence-corrected chi connectivity index (χ3v) is 4.64. The molecule has 1 fully saturated rings. The zero-order valence-electron chi connectivity index (χ0n) is 11.4. The van der Waals surface area contributed by atoms with Crippen molar-refractivity contribution < 1.29 is 9.59 Å². The fourth-order valence-corrected chi connectivity index (χ4v) is 2.56. The van der Waals surface area contributed by atoms with Crippen LogP contribution in [0.25, 0.3) is 0 Å². The first-order valence-corrected chi connectivity index (χ1v) is 7.30. The Morgan fingerprint density at radius 2 is 2.11 bits per heavy atom. The molecule has 0 bridgehead atoms. The standard InChI is InChI=1S/C15H18BrNO2/c1-9(2)12-7-14(18)17(8-12)15(19)11-4-5-13(16)10(3)6-11/h4-6,9,12H,7-8H2,1-3H3. The molecule has 19 heavy (non-hydrogen) atoms. The van der Waals surface area contributed by atoms with Crippen LogP contribution in [0.1, 0.15) is 36.2 Å². The van der Waals surface area contributed by atoms with Crippen molar-refractivity contribution in [3.63, 3.8) is 0 Å². The van der Waals surface area contributed by atoms with Crippen molar-refractivity contribution in [2.75, 3.05) is 6.54 Å². The van der Waals surface area contributed by atoms with Crippen LogP contribution >= 0.6 is 15.9 Å². The average Bonchev–Trinajstić information content (AvgIpc) is 2.74. The fraction of sp³-hybridized carbons (Fsp3) is 0.467. The van der Waals surface area contributed by atoms with Crippen molar-refractivity contribution in [2.24, 2.45) is 11.8 Å². The van der Waals surface area contributed by atoms with Gasteiger partial charge in [-0.3, -0.25) is 14.5 Å². The number of carbonyl (C=O) groups excluding carboxylic acids is 2. The van der Waals surface area contributed by atoms with Crippen molar-refractivity contribution in [1.29, 1.82) is 0 Å². The maximum absolute atomic E-state index is 12.4. The monoisotopic (exact) mass is 323 g/mol. The second kappa shape index (κ2) is 5.45. The zero-order valence-corrected chi connectivity index (χ0v) is 13.0. The summed E-state index contributed by atoms with van der Waals surface area (Å²) < 4.78 is 0.969. The van der Waals surface area contributed by atoms with Gasteiger partial charge in [0.1, 0.15) is 0 Å². The van der Waals surface area contributed by atoms with Crippen LogP contribution in [0.5, 0.6) is 0 Å². The molecule has 0 spiro atoms. The van der Waals surface area contributed by atoms with E-state index in [0.29, 0.717) is 24.4 Å². The molecule has 1 unspecified atom stereocenters. The van der Waals surface area contributed by atoms with Crippen LogP contribution in [0.15, 0.2) is 22.7 Å². The Morgan fingerprint density at radius 3 is 2.63 bits per heavy atom. The van der Waals surface area contributed by atoms with Gasteiger partial charge in [0, 0.05) is 23.0 Å². The van der Waals surface area contributed by atoms with Gasteiger partial charge < -0.3 is 0 Å². The summed E-state index contributed by atoms with van der Waals surface area (Å²) in [5.74, 6) is 0.481. The molecule has 1 aromatic rings. The molecule has 0 saturated carbocycles. The van der Waals surface area contributed by atoms with Crippen LogP contribution in [-0.2, 0) is 4.79 Å². The highest BCUT2D eigenvalue weighted by Crippen LogP contribution is 2.27. The van der Waals surface area contributed by atoms with E-state index in [9.17, 15) is 9.59 Å². The molecule has 0 aliphatic carbocycles. The largest absolute Gasteiger partial charge is 0.278 e. The number of likely N-dealkylation sites (tertiary alicyclic amines) is 1. The zero-order chi connectivity index (χ0) is 14.2. The third-order valence-electron chi connectivity index (χ3n) is 3.75. The number of rotatable bonds is 2. The first-order valence-electron chi connectivity index (χ1n) is 6.51. The van der Waals surface area contributed by atoms with E-state index in [0.717, 1.165) is 10.0 Å². The molecule has 2 amide bonds. The van der Waals surface area contributed by atoms with Gasteiger partial charge >= 0.3 is 0 Å². The topological polar surface area (TPSA) is 37.4 Å². The van der Waals surface area contributed by atoms with Gasteiger partial charge in [-0.05, 0) is 42.5 Å².